The number of nitrogens with one attached hydrogen (secondary N) is 1. The fraction of sp³-hybridized carbons (Fsp3) is 0.619. The van der Waals surface area contributed by atoms with Gasteiger partial charge in [-0.05, 0) is 39.2 Å². The van der Waals surface area contributed by atoms with E-state index in [0.717, 1.165) is 0 Å². The molecule has 0 bridgehead atoms. The summed E-state index contributed by atoms with van der Waals surface area (Å²) in [6.07, 6.45) is -6.59. The van der Waals surface area contributed by atoms with E-state index in [4.69, 9.17) is 4.74 Å². The highest BCUT2D eigenvalue weighted by molar-refractivity contribution is 5.99. The van der Waals surface area contributed by atoms with E-state index in [-0.39, 0.29) is 35.8 Å². The number of likely N-dealkylation sites (N-methyl/N-ethyl adjacent to an activating group) is 1. The van der Waals surface area contributed by atoms with Crippen molar-refractivity contribution in [3.63, 3.8) is 0 Å². The number of anilines is 1. The van der Waals surface area contributed by atoms with Crippen LogP contribution in [0.3, 0.4) is 0 Å². The number of nitrogens with zero attached hydrogens (tertiary/aromatic N) is 2. The summed E-state index contributed by atoms with van der Waals surface area (Å²) in [7, 11) is 3.82. The van der Waals surface area contributed by atoms with Crippen LogP contribution in [-0.2, 0) is 4.79 Å². The molecule has 1 aromatic rings. The van der Waals surface area contributed by atoms with Gasteiger partial charge in [0.15, 0.2) is 0 Å². The van der Waals surface area contributed by atoms with Gasteiger partial charge in [-0.1, -0.05) is 6.92 Å². The lowest BCUT2D eigenvalue weighted by atomic mass is 9.99. The molecule has 0 spiro atoms. The number of rotatable bonds is 7. The van der Waals surface area contributed by atoms with Crippen LogP contribution >= 0.6 is 0 Å². The highest BCUT2D eigenvalue weighted by Gasteiger charge is 2.33. The second kappa shape index (κ2) is 10.3. The molecular weight excluding hydrogens is 415 g/mol. The molecule has 1 aliphatic rings. The molecule has 0 saturated heterocycles. The third-order valence-electron chi connectivity index (χ3n) is 5.13. The smallest absolute Gasteiger partial charge is 0.389 e. The fourth-order valence-corrected chi connectivity index (χ4v) is 3.36. The molecule has 0 radical (unpaired) electrons. The normalized spacial score (nSPS) is 20.5. The predicted molar refractivity (Wildman–Crippen MR) is 110 cm³/mol. The number of carbonyl (C=O) groups is 2. The third-order valence-corrected chi connectivity index (χ3v) is 5.13. The molecular formula is C21H30F3N3O4. The Kier molecular flexibility index (Phi) is 8.30. The van der Waals surface area contributed by atoms with Gasteiger partial charge in [-0.15, -0.1) is 0 Å². The molecule has 0 saturated carbocycles. The molecule has 0 fully saturated rings. The first-order valence-electron chi connectivity index (χ1n) is 10.1. The first kappa shape index (κ1) is 24.9. The number of fused-ring (bicyclic) bond motifs is 1. The quantitative estimate of drug-likeness (QED) is 0.675. The van der Waals surface area contributed by atoms with E-state index < -0.39 is 31.0 Å². The highest BCUT2D eigenvalue weighted by atomic mass is 19.4. The Morgan fingerprint density at radius 1 is 1.39 bits per heavy atom. The van der Waals surface area contributed by atoms with Gasteiger partial charge >= 0.3 is 6.18 Å². The zero-order valence-corrected chi connectivity index (χ0v) is 18.2. The molecule has 1 heterocycles. The molecule has 2 rings (SSSR count). The Morgan fingerprint density at radius 3 is 2.65 bits per heavy atom. The van der Waals surface area contributed by atoms with Crippen LogP contribution < -0.4 is 10.1 Å². The summed E-state index contributed by atoms with van der Waals surface area (Å²) < 4.78 is 43.2. The van der Waals surface area contributed by atoms with Gasteiger partial charge in [0.05, 0.1) is 24.6 Å². The number of halogens is 3. The van der Waals surface area contributed by atoms with Crippen LogP contribution in [0.4, 0.5) is 18.9 Å². The summed E-state index contributed by atoms with van der Waals surface area (Å²) >= 11 is 0. The van der Waals surface area contributed by atoms with E-state index in [2.05, 4.69) is 5.32 Å². The van der Waals surface area contributed by atoms with E-state index in [1.165, 1.54) is 18.2 Å². The number of benzene rings is 1. The van der Waals surface area contributed by atoms with Crippen molar-refractivity contribution in [3.05, 3.63) is 23.8 Å². The number of carbonyl (C=O) groups excluding carboxylic acids is 2. The van der Waals surface area contributed by atoms with E-state index in [1.807, 2.05) is 25.9 Å². The van der Waals surface area contributed by atoms with Gasteiger partial charge in [-0.3, -0.25) is 9.59 Å². The first-order valence-corrected chi connectivity index (χ1v) is 10.1. The van der Waals surface area contributed by atoms with Crippen molar-refractivity contribution >= 4 is 17.5 Å². The zero-order valence-electron chi connectivity index (χ0n) is 18.2. The highest BCUT2D eigenvalue weighted by Crippen LogP contribution is 2.31. The zero-order chi connectivity index (χ0) is 23.3. The molecule has 31 heavy (non-hydrogen) atoms. The Morgan fingerprint density at radius 2 is 2.06 bits per heavy atom. The minimum Gasteiger partial charge on any atom is -0.488 e. The molecule has 2 N–H and O–H groups in total. The van der Waals surface area contributed by atoms with Gasteiger partial charge in [0, 0.05) is 31.1 Å². The number of ether oxygens (including phenoxy) is 1. The maximum Gasteiger partial charge on any atom is 0.389 e. The summed E-state index contributed by atoms with van der Waals surface area (Å²) in [5.41, 5.74) is 0.391. The van der Waals surface area contributed by atoms with Crippen molar-refractivity contribution in [3.8, 4) is 5.75 Å². The van der Waals surface area contributed by atoms with E-state index in [9.17, 15) is 27.9 Å². The summed E-state index contributed by atoms with van der Waals surface area (Å²) in [5, 5.41) is 12.0. The molecule has 0 unspecified atom stereocenters. The SMILES string of the molecule is C[C@H]1CN([C@@H](C)CO)C(=O)c2cc(NC(=O)CCC(F)(F)F)ccc2O[C@H]1CN(C)C. The van der Waals surface area contributed by atoms with Crippen LogP contribution in [0.5, 0.6) is 5.75 Å². The van der Waals surface area contributed by atoms with Gasteiger partial charge < -0.3 is 25.0 Å². The summed E-state index contributed by atoms with van der Waals surface area (Å²) in [5.74, 6) is -0.864. The minimum atomic E-state index is -4.42. The standard InChI is InChI=1S/C21H30F3N3O4/c1-13-10-27(14(2)12-28)20(30)16-9-15(25-19(29)7-8-21(22,23)24)5-6-17(16)31-18(13)11-26(3)4/h5-6,9,13-14,18,28H,7-8,10-12H2,1-4H3,(H,25,29)/t13-,14-,18-/m0/s1. The van der Waals surface area contributed by atoms with Crippen molar-refractivity contribution in [1.82, 2.24) is 9.80 Å². The molecule has 7 nitrogen and oxygen atoms in total. The summed E-state index contributed by atoms with van der Waals surface area (Å²) in [4.78, 5) is 28.6. The average Bonchev–Trinajstić information content (AvgIpc) is 2.68. The predicted octanol–water partition coefficient (Wildman–Crippen LogP) is 2.75. The Hall–Kier alpha value is -2.33. The number of hydrogen-bond acceptors (Lipinski definition) is 5. The lowest BCUT2D eigenvalue weighted by molar-refractivity contribution is -0.142. The largest absolute Gasteiger partial charge is 0.488 e. The number of alkyl halides is 3. The number of aliphatic hydroxyl groups excluding tert-OH is 1. The lowest BCUT2D eigenvalue weighted by Gasteiger charge is -2.37. The van der Waals surface area contributed by atoms with Crippen molar-refractivity contribution in [2.45, 2.75) is 45.0 Å². The van der Waals surface area contributed by atoms with Crippen LogP contribution in [0.2, 0.25) is 0 Å². The Balaban J connectivity index is 2.34. The molecule has 1 aromatic carbocycles. The van der Waals surface area contributed by atoms with E-state index in [0.29, 0.717) is 18.8 Å². The van der Waals surface area contributed by atoms with Crippen LogP contribution in [-0.4, -0.2) is 78.8 Å². The topological polar surface area (TPSA) is 82.1 Å². The number of hydrogen-bond donors (Lipinski definition) is 2. The van der Waals surface area contributed by atoms with Crippen LogP contribution in [0.15, 0.2) is 18.2 Å². The van der Waals surface area contributed by atoms with Crippen molar-refractivity contribution in [2.75, 3.05) is 39.1 Å². The van der Waals surface area contributed by atoms with Gasteiger partial charge in [-0.25, -0.2) is 0 Å². The van der Waals surface area contributed by atoms with Gasteiger partial charge in [-0.2, -0.15) is 13.2 Å². The monoisotopic (exact) mass is 445 g/mol. The Labute approximate surface area is 180 Å². The minimum absolute atomic E-state index is 0.0183. The Bertz CT molecular complexity index is 786. The maximum absolute atomic E-state index is 13.2. The van der Waals surface area contributed by atoms with E-state index >= 15 is 0 Å². The van der Waals surface area contributed by atoms with Gasteiger partial charge in [0.2, 0.25) is 5.91 Å². The molecule has 10 heteroatoms. The first-order chi connectivity index (χ1) is 14.4. The second-order valence-electron chi connectivity index (χ2n) is 8.26. The van der Waals surface area contributed by atoms with Crippen molar-refractivity contribution < 1.29 is 32.6 Å². The number of amides is 2. The van der Waals surface area contributed by atoms with Crippen LogP contribution in [0, 0.1) is 5.92 Å². The summed E-state index contributed by atoms with van der Waals surface area (Å²) in [6.45, 7) is 4.45. The van der Waals surface area contributed by atoms with Crippen LogP contribution in [0.1, 0.15) is 37.0 Å². The maximum atomic E-state index is 13.2. The molecule has 2 amide bonds. The second-order valence-corrected chi connectivity index (χ2v) is 8.26. The molecule has 3 atom stereocenters. The van der Waals surface area contributed by atoms with Gasteiger partial charge in [0.1, 0.15) is 11.9 Å². The lowest BCUT2D eigenvalue weighted by Crippen LogP contribution is -2.49. The average molecular weight is 445 g/mol. The van der Waals surface area contributed by atoms with Gasteiger partial charge in [0.25, 0.3) is 5.91 Å². The van der Waals surface area contributed by atoms with Crippen LogP contribution in [0.25, 0.3) is 0 Å². The van der Waals surface area contributed by atoms with Crippen molar-refractivity contribution in [1.29, 1.82) is 0 Å². The number of aliphatic hydroxyl groups is 1. The van der Waals surface area contributed by atoms with E-state index in [1.54, 1.807) is 11.8 Å². The molecule has 174 valence electrons. The fourth-order valence-electron chi connectivity index (χ4n) is 3.36. The summed E-state index contributed by atoms with van der Waals surface area (Å²) in [6, 6.07) is 4.00. The molecule has 0 aromatic heterocycles. The molecule has 1 aliphatic heterocycles. The third kappa shape index (κ3) is 7.10. The van der Waals surface area contributed by atoms with Crippen molar-refractivity contribution in [2.24, 2.45) is 5.92 Å². The molecule has 0 aliphatic carbocycles.